The van der Waals surface area contributed by atoms with Gasteiger partial charge in [-0.2, -0.15) is 5.10 Å². The first-order chi connectivity index (χ1) is 10.6. The lowest BCUT2D eigenvalue weighted by atomic mass is 10.2. The SMILES string of the molecule is CC(C)COc1ccc(/C=N\NC(=O)Cc2cccs2)cc1. The quantitative estimate of drug-likeness (QED) is 0.628. The van der Waals surface area contributed by atoms with Crippen molar-refractivity contribution in [2.75, 3.05) is 6.61 Å². The van der Waals surface area contributed by atoms with Crippen molar-refractivity contribution in [2.24, 2.45) is 11.0 Å². The molecular formula is C17H20N2O2S. The van der Waals surface area contributed by atoms with Gasteiger partial charge < -0.3 is 4.74 Å². The van der Waals surface area contributed by atoms with Crippen molar-refractivity contribution in [3.63, 3.8) is 0 Å². The van der Waals surface area contributed by atoms with Gasteiger partial charge in [-0.3, -0.25) is 4.79 Å². The van der Waals surface area contributed by atoms with Gasteiger partial charge in [-0.05, 0) is 47.2 Å². The van der Waals surface area contributed by atoms with Gasteiger partial charge in [0.05, 0.1) is 19.2 Å². The molecule has 5 heteroatoms. The number of thiophene rings is 1. The smallest absolute Gasteiger partial charge is 0.245 e. The predicted octanol–water partition coefficient (Wildman–Crippen LogP) is 3.48. The number of carbonyl (C=O) groups excluding carboxylic acids is 1. The van der Waals surface area contributed by atoms with Gasteiger partial charge in [-0.1, -0.05) is 19.9 Å². The minimum atomic E-state index is -0.115. The van der Waals surface area contributed by atoms with Crippen molar-refractivity contribution in [1.82, 2.24) is 5.43 Å². The molecule has 2 aromatic rings. The summed E-state index contributed by atoms with van der Waals surface area (Å²) in [6.45, 7) is 4.92. The third-order valence-electron chi connectivity index (χ3n) is 2.78. The Morgan fingerprint density at radius 1 is 1.32 bits per heavy atom. The Labute approximate surface area is 134 Å². The number of benzene rings is 1. The Morgan fingerprint density at radius 3 is 2.73 bits per heavy atom. The van der Waals surface area contributed by atoms with E-state index in [1.807, 2.05) is 41.8 Å². The molecule has 22 heavy (non-hydrogen) atoms. The Bertz CT molecular complexity index is 604. The summed E-state index contributed by atoms with van der Waals surface area (Å²) >= 11 is 1.56. The minimum absolute atomic E-state index is 0.115. The van der Waals surface area contributed by atoms with Crippen LogP contribution in [0.4, 0.5) is 0 Å². The predicted molar refractivity (Wildman–Crippen MR) is 90.5 cm³/mol. The van der Waals surface area contributed by atoms with Crippen LogP contribution in [0.3, 0.4) is 0 Å². The van der Waals surface area contributed by atoms with Crippen molar-refractivity contribution in [3.8, 4) is 5.75 Å². The van der Waals surface area contributed by atoms with Gasteiger partial charge in [0, 0.05) is 4.88 Å². The van der Waals surface area contributed by atoms with E-state index in [1.165, 1.54) is 0 Å². The van der Waals surface area contributed by atoms with E-state index in [0.717, 1.165) is 16.2 Å². The average molecular weight is 316 g/mol. The van der Waals surface area contributed by atoms with Crippen molar-refractivity contribution >= 4 is 23.5 Å². The van der Waals surface area contributed by atoms with Crippen LogP contribution in [-0.4, -0.2) is 18.7 Å². The molecule has 1 aromatic heterocycles. The van der Waals surface area contributed by atoms with E-state index in [0.29, 0.717) is 18.9 Å². The maximum Gasteiger partial charge on any atom is 0.245 e. The molecule has 0 saturated carbocycles. The van der Waals surface area contributed by atoms with Gasteiger partial charge >= 0.3 is 0 Å². The fourth-order valence-electron chi connectivity index (χ4n) is 1.70. The van der Waals surface area contributed by atoms with E-state index in [2.05, 4.69) is 24.4 Å². The molecule has 0 aliphatic heterocycles. The summed E-state index contributed by atoms with van der Waals surface area (Å²) in [5, 5.41) is 5.92. The highest BCUT2D eigenvalue weighted by atomic mass is 32.1. The van der Waals surface area contributed by atoms with E-state index < -0.39 is 0 Å². The molecule has 0 bridgehead atoms. The first kappa shape index (κ1) is 16.2. The second-order valence-corrected chi connectivity index (χ2v) is 6.36. The van der Waals surface area contributed by atoms with Crippen LogP contribution in [0.5, 0.6) is 5.75 Å². The number of hydrogen-bond acceptors (Lipinski definition) is 4. The zero-order chi connectivity index (χ0) is 15.8. The summed E-state index contributed by atoms with van der Waals surface area (Å²) in [6, 6.07) is 11.5. The molecule has 0 aliphatic carbocycles. The molecule has 0 atom stereocenters. The maximum absolute atomic E-state index is 11.7. The molecule has 1 N–H and O–H groups in total. The van der Waals surface area contributed by atoms with Crippen LogP contribution in [0.15, 0.2) is 46.9 Å². The van der Waals surface area contributed by atoms with Crippen LogP contribution in [-0.2, 0) is 11.2 Å². The van der Waals surface area contributed by atoms with Gasteiger partial charge in [-0.15, -0.1) is 11.3 Å². The Morgan fingerprint density at radius 2 is 2.09 bits per heavy atom. The molecule has 4 nitrogen and oxygen atoms in total. The molecule has 0 aliphatic rings. The molecule has 0 radical (unpaired) electrons. The number of nitrogens with zero attached hydrogens (tertiary/aromatic N) is 1. The highest BCUT2D eigenvalue weighted by Gasteiger charge is 2.02. The number of hydrogen-bond donors (Lipinski definition) is 1. The molecule has 1 aromatic carbocycles. The number of ether oxygens (including phenoxy) is 1. The van der Waals surface area contributed by atoms with Crippen LogP contribution >= 0.6 is 11.3 Å². The van der Waals surface area contributed by atoms with Gasteiger partial charge in [-0.25, -0.2) is 5.43 Å². The standard InChI is InChI=1S/C17H20N2O2S/c1-13(2)12-21-15-7-5-14(6-8-15)11-18-19-17(20)10-16-4-3-9-22-16/h3-9,11,13H,10,12H2,1-2H3,(H,19,20)/b18-11-. The molecule has 1 heterocycles. The zero-order valence-corrected chi connectivity index (χ0v) is 13.6. The fraction of sp³-hybridized carbons (Fsp3) is 0.294. The molecular weight excluding hydrogens is 296 g/mol. The topological polar surface area (TPSA) is 50.7 Å². The molecule has 0 saturated heterocycles. The van der Waals surface area contributed by atoms with Crippen LogP contribution in [0, 0.1) is 5.92 Å². The van der Waals surface area contributed by atoms with E-state index >= 15 is 0 Å². The molecule has 0 fully saturated rings. The van der Waals surface area contributed by atoms with E-state index in [-0.39, 0.29) is 5.91 Å². The third kappa shape index (κ3) is 5.69. The largest absolute Gasteiger partial charge is 0.493 e. The summed E-state index contributed by atoms with van der Waals surface area (Å²) in [7, 11) is 0. The van der Waals surface area contributed by atoms with E-state index in [9.17, 15) is 4.79 Å². The van der Waals surface area contributed by atoms with Crippen molar-refractivity contribution in [2.45, 2.75) is 20.3 Å². The third-order valence-corrected chi connectivity index (χ3v) is 3.66. The van der Waals surface area contributed by atoms with Crippen LogP contribution < -0.4 is 10.2 Å². The maximum atomic E-state index is 11.7. The van der Waals surface area contributed by atoms with Gasteiger partial charge in [0.2, 0.25) is 5.91 Å². The monoisotopic (exact) mass is 316 g/mol. The Hall–Kier alpha value is -2.14. The number of nitrogens with one attached hydrogen (secondary N) is 1. The summed E-state index contributed by atoms with van der Waals surface area (Å²) in [5.74, 6) is 1.22. The van der Waals surface area contributed by atoms with Crippen LogP contribution in [0.2, 0.25) is 0 Å². The second-order valence-electron chi connectivity index (χ2n) is 5.32. The Balaban J connectivity index is 1.79. The summed E-state index contributed by atoms with van der Waals surface area (Å²) in [6.07, 6.45) is 1.98. The minimum Gasteiger partial charge on any atom is -0.493 e. The van der Waals surface area contributed by atoms with E-state index in [1.54, 1.807) is 17.6 Å². The molecule has 116 valence electrons. The van der Waals surface area contributed by atoms with Crippen molar-refractivity contribution < 1.29 is 9.53 Å². The number of rotatable bonds is 7. The summed E-state index contributed by atoms with van der Waals surface area (Å²) in [4.78, 5) is 12.7. The molecule has 0 unspecified atom stereocenters. The van der Waals surface area contributed by atoms with Crippen LogP contribution in [0.1, 0.15) is 24.3 Å². The van der Waals surface area contributed by atoms with Gasteiger partial charge in [0.25, 0.3) is 0 Å². The lowest BCUT2D eigenvalue weighted by Crippen LogP contribution is -2.19. The zero-order valence-electron chi connectivity index (χ0n) is 12.8. The van der Waals surface area contributed by atoms with Crippen molar-refractivity contribution in [1.29, 1.82) is 0 Å². The van der Waals surface area contributed by atoms with E-state index in [4.69, 9.17) is 4.74 Å². The van der Waals surface area contributed by atoms with Gasteiger partial charge in [0.15, 0.2) is 0 Å². The van der Waals surface area contributed by atoms with Crippen LogP contribution in [0.25, 0.3) is 0 Å². The van der Waals surface area contributed by atoms with Gasteiger partial charge in [0.1, 0.15) is 5.75 Å². The average Bonchev–Trinajstić information content (AvgIpc) is 2.99. The Kier molecular flexibility index (Phi) is 6.15. The lowest BCUT2D eigenvalue weighted by Gasteiger charge is -2.08. The fourth-order valence-corrected chi connectivity index (χ4v) is 2.41. The molecule has 0 spiro atoms. The number of amides is 1. The first-order valence-electron chi connectivity index (χ1n) is 7.20. The molecule has 1 amide bonds. The number of carbonyl (C=O) groups is 1. The number of hydrazone groups is 1. The first-order valence-corrected chi connectivity index (χ1v) is 8.08. The highest BCUT2D eigenvalue weighted by molar-refractivity contribution is 7.10. The summed E-state index contributed by atoms with van der Waals surface area (Å²) in [5.41, 5.74) is 3.44. The highest BCUT2D eigenvalue weighted by Crippen LogP contribution is 2.12. The lowest BCUT2D eigenvalue weighted by molar-refractivity contribution is -0.120. The summed E-state index contributed by atoms with van der Waals surface area (Å²) < 4.78 is 5.61. The second kappa shape index (κ2) is 8.34. The molecule has 2 rings (SSSR count). The normalized spacial score (nSPS) is 11.0. The van der Waals surface area contributed by atoms with Crippen molar-refractivity contribution in [3.05, 3.63) is 52.2 Å².